The van der Waals surface area contributed by atoms with E-state index in [1.165, 1.54) is 0 Å². The first-order valence-electron chi connectivity index (χ1n) is 5.36. The van der Waals surface area contributed by atoms with Gasteiger partial charge in [0.05, 0.1) is 17.8 Å². The summed E-state index contributed by atoms with van der Waals surface area (Å²) in [6.45, 7) is 4.37. The van der Waals surface area contributed by atoms with E-state index in [2.05, 4.69) is 16.5 Å². The number of nitrogens with one attached hydrogen (secondary N) is 1. The molecule has 0 amide bonds. The average Bonchev–Trinajstić information content (AvgIpc) is 2.73. The van der Waals surface area contributed by atoms with Gasteiger partial charge >= 0.3 is 0 Å². The Morgan fingerprint density at radius 1 is 1.41 bits per heavy atom. The molecule has 0 saturated heterocycles. The molecule has 0 saturated carbocycles. The molecule has 0 bridgehead atoms. The first-order chi connectivity index (χ1) is 8.20. The van der Waals surface area contributed by atoms with E-state index in [9.17, 15) is 0 Å². The smallest absolute Gasteiger partial charge is 0.133 e. The standard InChI is InChI=1S/C13H13N3O/c1-9-4-3-5-11(7-14)13(9)15-8-12-6-10(2)17-16-12/h3-6,15H,8H2,1-2H3. The van der Waals surface area contributed by atoms with Crippen molar-refractivity contribution in [2.75, 3.05) is 5.32 Å². The van der Waals surface area contributed by atoms with Crippen molar-refractivity contribution in [2.24, 2.45) is 0 Å². The summed E-state index contributed by atoms with van der Waals surface area (Å²) in [6, 6.07) is 9.68. The lowest BCUT2D eigenvalue weighted by Crippen LogP contribution is -2.03. The number of benzene rings is 1. The molecule has 1 N–H and O–H groups in total. The Bertz CT molecular complexity index is 566. The molecule has 17 heavy (non-hydrogen) atoms. The fourth-order valence-corrected chi connectivity index (χ4v) is 1.68. The Balaban J connectivity index is 2.17. The summed E-state index contributed by atoms with van der Waals surface area (Å²) in [7, 11) is 0. The van der Waals surface area contributed by atoms with Crippen LogP contribution in [0.15, 0.2) is 28.8 Å². The van der Waals surface area contributed by atoms with E-state index in [4.69, 9.17) is 9.78 Å². The Kier molecular flexibility index (Phi) is 3.10. The molecular formula is C13H13N3O. The van der Waals surface area contributed by atoms with Gasteiger partial charge in [-0.15, -0.1) is 0 Å². The summed E-state index contributed by atoms with van der Waals surface area (Å²) in [5.74, 6) is 0.784. The molecule has 0 aliphatic carbocycles. The van der Waals surface area contributed by atoms with Gasteiger partial charge < -0.3 is 9.84 Å². The fraction of sp³-hybridized carbons (Fsp3) is 0.231. The number of anilines is 1. The minimum atomic E-state index is 0.552. The van der Waals surface area contributed by atoms with Gasteiger partial charge in [0.25, 0.3) is 0 Å². The van der Waals surface area contributed by atoms with E-state index < -0.39 is 0 Å². The van der Waals surface area contributed by atoms with Gasteiger partial charge in [-0.2, -0.15) is 5.26 Å². The molecule has 4 heteroatoms. The van der Waals surface area contributed by atoms with Crippen molar-refractivity contribution in [3.05, 3.63) is 46.8 Å². The second-order valence-electron chi connectivity index (χ2n) is 3.89. The largest absolute Gasteiger partial charge is 0.378 e. The van der Waals surface area contributed by atoms with Crippen LogP contribution in [0.3, 0.4) is 0 Å². The van der Waals surface area contributed by atoms with E-state index >= 15 is 0 Å². The molecule has 4 nitrogen and oxygen atoms in total. The zero-order valence-corrected chi connectivity index (χ0v) is 9.82. The maximum atomic E-state index is 9.02. The number of nitriles is 1. The lowest BCUT2D eigenvalue weighted by atomic mass is 10.1. The van der Waals surface area contributed by atoms with E-state index in [1.807, 2.05) is 32.0 Å². The predicted molar refractivity (Wildman–Crippen MR) is 64.5 cm³/mol. The molecule has 0 unspecified atom stereocenters. The van der Waals surface area contributed by atoms with Gasteiger partial charge in [0.1, 0.15) is 17.5 Å². The molecule has 1 aromatic carbocycles. The van der Waals surface area contributed by atoms with Crippen LogP contribution in [0.25, 0.3) is 0 Å². The van der Waals surface area contributed by atoms with E-state index in [-0.39, 0.29) is 0 Å². The van der Waals surface area contributed by atoms with Crippen molar-refractivity contribution in [1.29, 1.82) is 5.26 Å². The maximum absolute atomic E-state index is 9.02. The minimum absolute atomic E-state index is 0.552. The minimum Gasteiger partial charge on any atom is -0.378 e. The van der Waals surface area contributed by atoms with Crippen LogP contribution >= 0.6 is 0 Å². The zero-order valence-electron chi connectivity index (χ0n) is 9.82. The van der Waals surface area contributed by atoms with Crippen molar-refractivity contribution >= 4 is 5.69 Å². The summed E-state index contributed by atoms with van der Waals surface area (Å²) >= 11 is 0. The number of aromatic nitrogens is 1. The quantitative estimate of drug-likeness (QED) is 0.875. The number of hydrogen-bond donors (Lipinski definition) is 1. The monoisotopic (exact) mass is 227 g/mol. The van der Waals surface area contributed by atoms with E-state index in [0.29, 0.717) is 12.1 Å². The maximum Gasteiger partial charge on any atom is 0.133 e. The summed E-state index contributed by atoms with van der Waals surface area (Å²) in [6.07, 6.45) is 0. The van der Waals surface area contributed by atoms with E-state index in [0.717, 1.165) is 22.7 Å². The van der Waals surface area contributed by atoms with Crippen LogP contribution in [0.1, 0.15) is 22.6 Å². The summed E-state index contributed by atoms with van der Waals surface area (Å²) < 4.78 is 4.98. The Hall–Kier alpha value is -2.28. The van der Waals surface area contributed by atoms with Gasteiger partial charge in [-0.25, -0.2) is 0 Å². The highest BCUT2D eigenvalue weighted by molar-refractivity contribution is 5.62. The van der Waals surface area contributed by atoms with Gasteiger partial charge in [0.2, 0.25) is 0 Å². The predicted octanol–water partition coefficient (Wildman–Crippen LogP) is 2.78. The topological polar surface area (TPSA) is 61.9 Å². The van der Waals surface area contributed by atoms with Crippen LogP contribution in [0.5, 0.6) is 0 Å². The normalized spacial score (nSPS) is 9.94. The number of rotatable bonds is 3. The third kappa shape index (κ3) is 2.45. The third-order valence-corrected chi connectivity index (χ3v) is 2.52. The lowest BCUT2D eigenvalue weighted by molar-refractivity contribution is 0.391. The van der Waals surface area contributed by atoms with Crippen LogP contribution in [-0.2, 0) is 6.54 Å². The van der Waals surface area contributed by atoms with Crippen molar-refractivity contribution < 1.29 is 4.52 Å². The molecule has 0 radical (unpaired) electrons. The van der Waals surface area contributed by atoms with Gasteiger partial charge in [-0.05, 0) is 25.5 Å². The molecular weight excluding hydrogens is 214 g/mol. The molecule has 0 spiro atoms. The van der Waals surface area contributed by atoms with Crippen molar-refractivity contribution in [1.82, 2.24) is 5.16 Å². The van der Waals surface area contributed by atoms with Crippen molar-refractivity contribution in [2.45, 2.75) is 20.4 Å². The molecule has 0 aliphatic heterocycles. The SMILES string of the molecule is Cc1cc(CNc2c(C)cccc2C#N)no1. The van der Waals surface area contributed by atoms with Crippen LogP contribution < -0.4 is 5.32 Å². The molecule has 86 valence electrons. The van der Waals surface area contributed by atoms with Crippen LogP contribution in [-0.4, -0.2) is 5.16 Å². The molecule has 0 atom stereocenters. The van der Waals surface area contributed by atoms with Gasteiger partial charge in [-0.3, -0.25) is 0 Å². The molecule has 1 heterocycles. The van der Waals surface area contributed by atoms with Crippen molar-refractivity contribution in [3.8, 4) is 6.07 Å². The lowest BCUT2D eigenvalue weighted by Gasteiger charge is -2.09. The highest BCUT2D eigenvalue weighted by Crippen LogP contribution is 2.20. The number of para-hydroxylation sites is 1. The molecule has 2 aromatic rings. The van der Waals surface area contributed by atoms with Crippen LogP contribution in [0.2, 0.25) is 0 Å². The molecule has 0 fully saturated rings. The highest BCUT2D eigenvalue weighted by atomic mass is 16.5. The number of nitrogens with zero attached hydrogens (tertiary/aromatic N) is 2. The van der Waals surface area contributed by atoms with Crippen molar-refractivity contribution in [3.63, 3.8) is 0 Å². The first-order valence-corrected chi connectivity index (χ1v) is 5.36. The van der Waals surface area contributed by atoms with Gasteiger partial charge in [0.15, 0.2) is 0 Å². The first kappa shape index (κ1) is 11.2. The number of aryl methyl sites for hydroxylation is 2. The second kappa shape index (κ2) is 4.71. The summed E-state index contributed by atoms with van der Waals surface area (Å²) in [5.41, 5.74) is 3.37. The van der Waals surface area contributed by atoms with Gasteiger partial charge in [0, 0.05) is 6.07 Å². The zero-order chi connectivity index (χ0) is 12.3. The Morgan fingerprint density at radius 3 is 2.88 bits per heavy atom. The summed E-state index contributed by atoms with van der Waals surface area (Å²) in [4.78, 5) is 0. The average molecular weight is 227 g/mol. The van der Waals surface area contributed by atoms with Crippen LogP contribution in [0.4, 0.5) is 5.69 Å². The highest BCUT2D eigenvalue weighted by Gasteiger charge is 2.06. The fourth-order valence-electron chi connectivity index (χ4n) is 1.68. The Morgan fingerprint density at radius 2 is 2.24 bits per heavy atom. The third-order valence-electron chi connectivity index (χ3n) is 2.52. The number of hydrogen-bond acceptors (Lipinski definition) is 4. The molecule has 1 aromatic heterocycles. The van der Waals surface area contributed by atoms with E-state index in [1.54, 1.807) is 6.07 Å². The van der Waals surface area contributed by atoms with Gasteiger partial charge in [-0.1, -0.05) is 17.3 Å². The summed E-state index contributed by atoms with van der Waals surface area (Å²) in [5, 5.41) is 16.1. The molecule has 0 aliphatic rings. The van der Waals surface area contributed by atoms with Crippen LogP contribution in [0, 0.1) is 25.2 Å². The second-order valence-corrected chi connectivity index (χ2v) is 3.89. The Labute approximate surface area is 99.9 Å². The molecule has 2 rings (SSSR count).